The highest BCUT2D eigenvalue weighted by molar-refractivity contribution is 7.13. The Kier molecular flexibility index (Phi) is 5.16. The van der Waals surface area contributed by atoms with Gasteiger partial charge in [0.15, 0.2) is 5.13 Å². The van der Waals surface area contributed by atoms with Crippen LogP contribution in [-0.2, 0) is 4.79 Å². The zero-order chi connectivity index (χ0) is 14.4. The van der Waals surface area contributed by atoms with Gasteiger partial charge in [0.25, 0.3) is 0 Å². The summed E-state index contributed by atoms with van der Waals surface area (Å²) < 4.78 is 0. The number of carbonyl (C=O) groups is 2. The van der Waals surface area contributed by atoms with Crippen molar-refractivity contribution >= 4 is 28.5 Å². The van der Waals surface area contributed by atoms with E-state index in [1.165, 1.54) is 0 Å². The Balaban J connectivity index is 1.80. The highest BCUT2D eigenvalue weighted by atomic mass is 32.1. The molecule has 1 aliphatic rings. The van der Waals surface area contributed by atoms with Gasteiger partial charge < -0.3 is 20.2 Å². The number of rotatable bonds is 4. The van der Waals surface area contributed by atoms with Crippen LogP contribution in [0.25, 0.3) is 0 Å². The lowest BCUT2D eigenvalue weighted by atomic mass is 10.4. The number of carboxylic acid groups (broad SMARTS) is 1. The molecule has 1 aliphatic heterocycles. The number of nitrogens with zero attached hydrogens (tertiary/aromatic N) is 3. The van der Waals surface area contributed by atoms with Crippen molar-refractivity contribution in [3.8, 4) is 0 Å². The number of aromatic nitrogens is 1. The Labute approximate surface area is 121 Å². The van der Waals surface area contributed by atoms with Gasteiger partial charge in [-0.25, -0.2) is 9.78 Å². The average Bonchev–Trinajstić information content (AvgIpc) is 2.83. The molecule has 2 amide bonds. The minimum atomic E-state index is -0.906. The molecule has 0 atom stereocenters. The SMILES string of the molecule is O=C(O)CCNC(=O)N1CCCN(c2nccs2)CC1. The second kappa shape index (κ2) is 7.09. The van der Waals surface area contributed by atoms with Crippen LogP contribution in [0.5, 0.6) is 0 Å². The maximum absolute atomic E-state index is 11.9. The largest absolute Gasteiger partial charge is 0.481 e. The van der Waals surface area contributed by atoms with E-state index in [0.29, 0.717) is 13.1 Å². The fourth-order valence-electron chi connectivity index (χ4n) is 2.07. The third-order valence-electron chi connectivity index (χ3n) is 3.09. The zero-order valence-corrected chi connectivity index (χ0v) is 11.9. The number of hydrogen-bond donors (Lipinski definition) is 2. The Hall–Kier alpha value is -1.83. The van der Waals surface area contributed by atoms with E-state index in [9.17, 15) is 9.59 Å². The molecule has 7 nitrogen and oxygen atoms in total. The fraction of sp³-hybridized carbons (Fsp3) is 0.583. The molecule has 110 valence electrons. The Morgan fingerprint density at radius 1 is 1.35 bits per heavy atom. The van der Waals surface area contributed by atoms with Crippen molar-refractivity contribution in [2.45, 2.75) is 12.8 Å². The first-order chi connectivity index (χ1) is 9.66. The molecule has 0 bridgehead atoms. The van der Waals surface area contributed by atoms with Crippen LogP contribution < -0.4 is 10.2 Å². The van der Waals surface area contributed by atoms with Crippen LogP contribution in [0.1, 0.15) is 12.8 Å². The van der Waals surface area contributed by atoms with Crippen LogP contribution in [0.3, 0.4) is 0 Å². The smallest absolute Gasteiger partial charge is 0.317 e. The molecule has 0 unspecified atom stereocenters. The lowest BCUT2D eigenvalue weighted by Crippen LogP contribution is -2.42. The standard InChI is InChI=1S/C12H18N4O3S/c17-10(18)2-3-13-11(19)15-5-1-6-16(8-7-15)12-14-4-9-20-12/h4,9H,1-3,5-8H2,(H,13,19)(H,17,18). The lowest BCUT2D eigenvalue weighted by molar-refractivity contribution is -0.136. The molecule has 8 heteroatoms. The highest BCUT2D eigenvalue weighted by Gasteiger charge is 2.20. The van der Waals surface area contributed by atoms with Crippen molar-refractivity contribution in [2.24, 2.45) is 0 Å². The molecule has 1 fully saturated rings. The molecule has 2 N–H and O–H groups in total. The van der Waals surface area contributed by atoms with E-state index < -0.39 is 5.97 Å². The maximum Gasteiger partial charge on any atom is 0.317 e. The molecule has 20 heavy (non-hydrogen) atoms. The maximum atomic E-state index is 11.9. The summed E-state index contributed by atoms with van der Waals surface area (Å²) in [5.41, 5.74) is 0. The van der Waals surface area contributed by atoms with Gasteiger partial charge in [-0.05, 0) is 6.42 Å². The second-order valence-corrected chi connectivity index (χ2v) is 5.39. The third kappa shape index (κ3) is 4.09. The first kappa shape index (κ1) is 14.6. The fourth-order valence-corrected chi connectivity index (χ4v) is 2.77. The number of nitrogens with one attached hydrogen (secondary N) is 1. The van der Waals surface area contributed by atoms with Crippen LogP contribution in [-0.4, -0.2) is 59.7 Å². The van der Waals surface area contributed by atoms with E-state index in [1.54, 1.807) is 22.4 Å². The molecular weight excluding hydrogens is 280 g/mol. The number of anilines is 1. The van der Waals surface area contributed by atoms with Crippen LogP contribution in [0.2, 0.25) is 0 Å². The Morgan fingerprint density at radius 3 is 2.90 bits per heavy atom. The molecule has 0 saturated carbocycles. The molecule has 1 saturated heterocycles. The molecule has 2 heterocycles. The van der Waals surface area contributed by atoms with Gasteiger partial charge in [-0.1, -0.05) is 0 Å². The summed E-state index contributed by atoms with van der Waals surface area (Å²) in [6, 6.07) is -0.188. The number of thiazole rings is 1. The molecule has 2 rings (SSSR count). The monoisotopic (exact) mass is 298 g/mol. The van der Waals surface area contributed by atoms with Gasteiger partial charge in [-0.3, -0.25) is 4.79 Å². The predicted molar refractivity (Wildman–Crippen MR) is 76.2 cm³/mol. The van der Waals surface area contributed by atoms with E-state index in [2.05, 4.69) is 15.2 Å². The molecule has 0 spiro atoms. The van der Waals surface area contributed by atoms with E-state index in [-0.39, 0.29) is 19.0 Å². The highest BCUT2D eigenvalue weighted by Crippen LogP contribution is 2.18. The zero-order valence-electron chi connectivity index (χ0n) is 11.1. The topological polar surface area (TPSA) is 85.8 Å². The predicted octanol–water partition coefficient (Wildman–Crippen LogP) is 0.840. The quantitative estimate of drug-likeness (QED) is 0.860. The van der Waals surface area contributed by atoms with Gasteiger partial charge in [0.2, 0.25) is 0 Å². The summed E-state index contributed by atoms with van der Waals surface area (Å²) in [6.45, 7) is 3.10. The average molecular weight is 298 g/mol. The van der Waals surface area contributed by atoms with Crippen LogP contribution in [0.4, 0.5) is 9.93 Å². The summed E-state index contributed by atoms with van der Waals surface area (Å²) >= 11 is 1.60. The van der Waals surface area contributed by atoms with Crippen molar-refractivity contribution in [1.29, 1.82) is 0 Å². The number of aliphatic carboxylic acids is 1. The van der Waals surface area contributed by atoms with Crippen molar-refractivity contribution in [3.05, 3.63) is 11.6 Å². The summed E-state index contributed by atoms with van der Waals surface area (Å²) in [7, 11) is 0. The van der Waals surface area contributed by atoms with Crippen molar-refractivity contribution in [1.82, 2.24) is 15.2 Å². The minimum absolute atomic E-state index is 0.0508. The summed E-state index contributed by atoms with van der Waals surface area (Å²) in [5, 5.41) is 14.1. The van der Waals surface area contributed by atoms with Crippen molar-refractivity contribution < 1.29 is 14.7 Å². The molecular formula is C12H18N4O3S. The van der Waals surface area contributed by atoms with Crippen LogP contribution in [0.15, 0.2) is 11.6 Å². The second-order valence-electron chi connectivity index (χ2n) is 4.52. The summed E-state index contributed by atoms with van der Waals surface area (Å²) in [4.78, 5) is 30.5. The molecule has 1 aromatic heterocycles. The van der Waals surface area contributed by atoms with Gasteiger partial charge >= 0.3 is 12.0 Å². The first-order valence-electron chi connectivity index (χ1n) is 6.56. The number of amides is 2. The van der Waals surface area contributed by atoms with Gasteiger partial charge in [0.05, 0.1) is 6.42 Å². The number of urea groups is 1. The molecule has 1 aromatic rings. The number of carboxylic acids is 1. The van der Waals surface area contributed by atoms with Crippen molar-refractivity contribution in [3.63, 3.8) is 0 Å². The van der Waals surface area contributed by atoms with Crippen molar-refractivity contribution in [2.75, 3.05) is 37.6 Å². The summed E-state index contributed by atoms with van der Waals surface area (Å²) in [6.07, 6.45) is 2.61. The molecule has 0 aliphatic carbocycles. The molecule has 0 aromatic carbocycles. The third-order valence-corrected chi connectivity index (χ3v) is 3.92. The Bertz CT molecular complexity index is 452. The number of hydrogen-bond acceptors (Lipinski definition) is 5. The van der Waals surface area contributed by atoms with E-state index in [4.69, 9.17) is 5.11 Å². The van der Waals surface area contributed by atoms with E-state index in [1.807, 2.05) is 5.38 Å². The van der Waals surface area contributed by atoms with Crippen LogP contribution >= 0.6 is 11.3 Å². The molecule has 0 radical (unpaired) electrons. The normalized spacial score (nSPS) is 15.8. The van der Waals surface area contributed by atoms with Gasteiger partial charge in [0.1, 0.15) is 0 Å². The van der Waals surface area contributed by atoms with E-state index >= 15 is 0 Å². The summed E-state index contributed by atoms with van der Waals surface area (Å²) in [5.74, 6) is -0.906. The van der Waals surface area contributed by atoms with Crippen LogP contribution in [0, 0.1) is 0 Å². The van der Waals surface area contributed by atoms with Gasteiger partial charge in [-0.15, -0.1) is 11.3 Å². The van der Waals surface area contributed by atoms with Gasteiger partial charge in [-0.2, -0.15) is 0 Å². The van der Waals surface area contributed by atoms with E-state index in [0.717, 1.165) is 24.6 Å². The van der Waals surface area contributed by atoms with Gasteiger partial charge in [0, 0.05) is 44.3 Å². The Morgan fingerprint density at radius 2 is 2.20 bits per heavy atom. The first-order valence-corrected chi connectivity index (χ1v) is 7.44. The lowest BCUT2D eigenvalue weighted by Gasteiger charge is -2.21. The minimum Gasteiger partial charge on any atom is -0.481 e. The number of carbonyl (C=O) groups excluding carboxylic acids is 1.